The number of nitrogens with zero attached hydrogens (tertiary/aromatic N) is 2. The van der Waals surface area contributed by atoms with E-state index in [0.29, 0.717) is 17.2 Å². The third-order valence-corrected chi connectivity index (χ3v) is 4.02. The maximum atomic E-state index is 5.40. The van der Waals surface area contributed by atoms with Gasteiger partial charge in [0.15, 0.2) is 0 Å². The molecule has 5 heteroatoms. The van der Waals surface area contributed by atoms with Crippen molar-refractivity contribution in [2.45, 2.75) is 56.0 Å². The lowest BCUT2D eigenvalue weighted by molar-refractivity contribution is 0.382. The van der Waals surface area contributed by atoms with Gasteiger partial charge < -0.3 is 9.73 Å². The van der Waals surface area contributed by atoms with E-state index < -0.39 is 0 Å². The largest absolute Gasteiger partial charge is 0.416 e. The first kappa shape index (κ1) is 11.9. The van der Waals surface area contributed by atoms with Crippen LogP contribution in [0.5, 0.6) is 0 Å². The van der Waals surface area contributed by atoms with E-state index in [1.54, 1.807) is 11.8 Å². The average molecular weight is 241 g/mol. The number of hydrogen-bond acceptors (Lipinski definition) is 5. The van der Waals surface area contributed by atoms with Crippen molar-refractivity contribution in [1.29, 1.82) is 0 Å². The van der Waals surface area contributed by atoms with E-state index in [-0.39, 0.29) is 0 Å². The normalized spacial score (nSPS) is 25.9. The molecule has 1 N–H and O–H groups in total. The van der Waals surface area contributed by atoms with Gasteiger partial charge in [-0.15, -0.1) is 10.2 Å². The van der Waals surface area contributed by atoms with Crippen molar-refractivity contribution >= 4 is 11.8 Å². The molecule has 0 saturated heterocycles. The van der Waals surface area contributed by atoms with Crippen molar-refractivity contribution in [1.82, 2.24) is 15.5 Å². The Hall–Kier alpha value is -0.550. The summed E-state index contributed by atoms with van der Waals surface area (Å²) < 4.78 is 5.40. The molecule has 90 valence electrons. The second-order valence-electron chi connectivity index (χ2n) is 4.25. The minimum absolute atomic E-state index is 0.623. The lowest BCUT2D eigenvalue weighted by atomic mass is 9.95. The molecule has 0 amide bonds. The molecular formula is C11H19N3OS. The van der Waals surface area contributed by atoms with E-state index in [9.17, 15) is 0 Å². The Bertz CT molecular complexity index is 327. The topological polar surface area (TPSA) is 51.0 Å². The summed E-state index contributed by atoms with van der Waals surface area (Å²) >= 11 is 1.73. The molecule has 4 nitrogen and oxygen atoms in total. The highest BCUT2D eigenvalue weighted by atomic mass is 32.2. The predicted molar refractivity (Wildman–Crippen MR) is 64.6 cm³/mol. The summed E-state index contributed by atoms with van der Waals surface area (Å²) in [6.07, 6.45) is 5.06. The lowest BCUT2D eigenvalue weighted by Crippen LogP contribution is -2.34. The zero-order chi connectivity index (χ0) is 11.4. The SMILES string of the molecule is CCNC1CCCC(Sc2nnc(C)o2)C1. The Labute approximate surface area is 101 Å². The fourth-order valence-corrected chi connectivity index (χ4v) is 3.35. The zero-order valence-corrected chi connectivity index (χ0v) is 10.7. The van der Waals surface area contributed by atoms with Gasteiger partial charge in [-0.05, 0) is 25.8 Å². The molecular weight excluding hydrogens is 222 g/mol. The molecule has 2 rings (SSSR count). The summed E-state index contributed by atoms with van der Waals surface area (Å²) in [5, 5.41) is 12.8. The molecule has 1 heterocycles. The Balaban J connectivity index is 1.85. The number of thioether (sulfide) groups is 1. The van der Waals surface area contributed by atoms with Gasteiger partial charge in [-0.25, -0.2) is 0 Å². The van der Waals surface area contributed by atoms with Crippen LogP contribution in [0.4, 0.5) is 0 Å². The average Bonchev–Trinajstić information content (AvgIpc) is 2.65. The standard InChI is InChI=1S/C11H19N3OS/c1-3-12-9-5-4-6-10(7-9)16-11-14-13-8(2)15-11/h9-10,12H,3-7H2,1-2H3. The van der Waals surface area contributed by atoms with Crippen LogP contribution in [0.2, 0.25) is 0 Å². The van der Waals surface area contributed by atoms with Gasteiger partial charge in [-0.3, -0.25) is 0 Å². The molecule has 1 aliphatic carbocycles. The van der Waals surface area contributed by atoms with E-state index in [1.807, 2.05) is 6.92 Å². The van der Waals surface area contributed by atoms with Crippen LogP contribution < -0.4 is 5.32 Å². The number of aryl methyl sites for hydroxylation is 1. The van der Waals surface area contributed by atoms with E-state index in [1.165, 1.54) is 25.7 Å². The summed E-state index contributed by atoms with van der Waals surface area (Å²) in [6, 6.07) is 0.667. The minimum Gasteiger partial charge on any atom is -0.416 e. The van der Waals surface area contributed by atoms with Gasteiger partial charge in [-0.1, -0.05) is 25.1 Å². The molecule has 0 bridgehead atoms. The summed E-state index contributed by atoms with van der Waals surface area (Å²) in [7, 11) is 0. The molecule has 1 aromatic rings. The molecule has 1 aliphatic rings. The smallest absolute Gasteiger partial charge is 0.276 e. The third kappa shape index (κ3) is 3.22. The molecule has 0 radical (unpaired) electrons. The van der Waals surface area contributed by atoms with Crippen molar-refractivity contribution in [3.63, 3.8) is 0 Å². The summed E-state index contributed by atoms with van der Waals surface area (Å²) in [4.78, 5) is 0. The van der Waals surface area contributed by atoms with Crippen LogP contribution in [0.25, 0.3) is 0 Å². The first-order valence-corrected chi connectivity index (χ1v) is 6.86. The van der Waals surface area contributed by atoms with E-state index in [2.05, 4.69) is 22.4 Å². The van der Waals surface area contributed by atoms with Crippen molar-refractivity contribution < 1.29 is 4.42 Å². The molecule has 0 aliphatic heterocycles. The quantitative estimate of drug-likeness (QED) is 0.877. The maximum Gasteiger partial charge on any atom is 0.276 e. The van der Waals surface area contributed by atoms with Crippen molar-refractivity contribution in [2.75, 3.05) is 6.54 Å². The molecule has 16 heavy (non-hydrogen) atoms. The Morgan fingerprint density at radius 3 is 3.00 bits per heavy atom. The van der Waals surface area contributed by atoms with Crippen LogP contribution >= 0.6 is 11.8 Å². The predicted octanol–water partition coefficient (Wildman–Crippen LogP) is 2.39. The first-order valence-electron chi connectivity index (χ1n) is 5.98. The minimum atomic E-state index is 0.623. The van der Waals surface area contributed by atoms with Gasteiger partial charge in [0.1, 0.15) is 0 Å². The van der Waals surface area contributed by atoms with Gasteiger partial charge in [0, 0.05) is 18.2 Å². The van der Waals surface area contributed by atoms with E-state index >= 15 is 0 Å². The number of nitrogens with one attached hydrogen (secondary N) is 1. The second-order valence-corrected chi connectivity index (χ2v) is 5.50. The summed E-state index contributed by atoms with van der Waals surface area (Å²) in [5.41, 5.74) is 0. The molecule has 1 fully saturated rings. The fourth-order valence-electron chi connectivity index (χ4n) is 2.19. The highest BCUT2D eigenvalue weighted by Gasteiger charge is 2.23. The van der Waals surface area contributed by atoms with Gasteiger partial charge in [0.05, 0.1) is 0 Å². The molecule has 1 aromatic heterocycles. The molecule has 2 atom stereocenters. The van der Waals surface area contributed by atoms with Crippen molar-refractivity contribution in [3.05, 3.63) is 5.89 Å². The summed E-state index contributed by atoms with van der Waals surface area (Å²) in [6.45, 7) is 5.05. The Morgan fingerprint density at radius 1 is 1.44 bits per heavy atom. The van der Waals surface area contributed by atoms with Gasteiger partial charge in [-0.2, -0.15) is 0 Å². The van der Waals surface area contributed by atoms with Crippen LogP contribution in [0.15, 0.2) is 9.64 Å². The van der Waals surface area contributed by atoms with E-state index in [0.717, 1.165) is 11.8 Å². The van der Waals surface area contributed by atoms with Crippen LogP contribution in [-0.2, 0) is 0 Å². The van der Waals surface area contributed by atoms with E-state index in [4.69, 9.17) is 4.42 Å². The van der Waals surface area contributed by atoms with Gasteiger partial charge >= 0.3 is 0 Å². The Morgan fingerprint density at radius 2 is 2.31 bits per heavy atom. The third-order valence-electron chi connectivity index (χ3n) is 2.89. The number of rotatable bonds is 4. The van der Waals surface area contributed by atoms with Crippen molar-refractivity contribution in [3.8, 4) is 0 Å². The highest BCUT2D eigenvalue weighted by Crippen LogP contribution is 2.32. The monoisotopic (exact) mass is 241 g/mol. The fraction of sp³-hybridized carbons (Fsp3) is 0.818. The van der Waals surface area contributed by atoms with Crippen LogP contribution in [0.3, 0.4) is 0 Å². The van der Waals surface area contributed by atoms with Crippen molar-refractivity contribution in [2.24, 2.45) is 0 Å². The lowest BCUT2D eigenvalue weighted by Gasteiger charge is -2.28. The molecule has 2 unspecified atom stereocenters. The summed E-state index contributed by atoms with van der Waals surface area (Å²) in [5.74, 6) is 0.654. The molecule has 0 aromatic carbocycles. The maximum absolute atomic E-state index is 5.40. The van der Waals surface area contributed by atoms with Crippen LogP contribution in [0, 0.1) is 6.92 Å². The molecule has 1 saturated carbocycles. The van der Waals surface area contributed by atoms with Gasteiger partial charge in [0.25, 0.3) is 5.22 Å². The zero-order valence-electron chi connectivity index (χ0n) is 9.90. The second kappa shape index (κ2) is 5.68. The highest BCUT2D eigenvalue weighted by molar-refractivity contribution is 7.99. The van der Waals surface area contributed by atoms with Gasteiger partial charge in [0.2, 0.25) is 5.89 Å². The van der Waals surface area contributed by atoms with Crippen LogP contribution in [0.1, 0.15) is 38.5 Å². The number of hydrogen-bond donors (Lipinski definition) is 1. The van der Waals surface area contributed by atoms with Crippen LogP contribution in [-0.4, -0.2) is 28.0 Å². The Kier molecular flexibility index (Phi) is 4.23. The first-order chi connectivity index (χ1) is 7.78. The number of aromatic nitrogens is 2. The molecule has 0 spiro atoms.